The van der Waals surface area contributed by atoms with Gasteiger partial charge in [-0.2, -0.15) is 0 Å². The van der Waals surface area contributed by atoms with E-state index < -0.39 is 0 Å². The molecule has 0 saturated carbocycles. The summed E-state index contributed by atoms with van der Waals surface area (Å²) in [6, 6.07) is 7.23. The average molecular weight is 384 g/mol. The largest absolute Gasteiger partial charge is 0.356 e. The van der Waals surface area contributed by atoms with Crippen LogP contribution < -0.4 is 10.9 Å². The summed E-state index contributed by atoms with van der Waals surface area (Å²) >= 11 is 0. The molecule has 7 heteroatoms. The third-order valence-corrected chi connectivity index (χ3v) is 5.08. The fourth-order valence-electron chi connectivity index (χ4n) is 3.53. The summed E-state index contributed by atoms with van der Waals surface area (Å²) in [5.74, 6) is 0.835. The summed E-state index contributed by atoms with van der Waals surface area (Å²) < 4.78 is 0. The molecular weight excluding hydrogens is 356 g/mol. The van der Waals surface area contributed by atoms with E-state index in [1.807, 2.05) is 23.1 Å². The Morgan fingerprint density at radius 2 is 2.00 bits per heavy atom. The van der Waals surface area contributed by atoms with E-state index in [9.17, 15) is 14.4 Å². The van der Waals surface area contributed by atoms with Gasteiger partial charge in [0.05, 0.1) is 10.9 Å². The van der Waals surface area contributed by atoms with Crippen molar-refractivity contribution in [2.45, 2.75) is 51.4 Å². The summed E-state index contributed by atoms with van der Waals surface area (Å²) in [4.78, 5) is 45.1. The maximum absolute atomic E-state index is 12.0. The average Bonchev–Trinajstić information content (AvgIpc) is 2.89. The Morgan fingerprint density at radius 1 is 1.14 bits per heavy atom. The molecule has 3 rings (SSSR count). The molecule has 1 fully saturated rings. The van der Waals surface area contributed by atoms with E-state index in [1.165, 1.54) is 0 Å². The molecule has 1 aliphatic rings. The number of para-hydroxylation sites is 1. The number of hydrogen-bond acceptors (Lipinski definition) is 4. The number of nitrogens with zero attached hydrogens (tertiary/aromatic N) is 2. The first kappa shape index (κ1) is 20.0. The van der Waals surface area contributed by atoms with Gasteiger partial charge in [0.15, 0.2) is 0 Å². The number of nitrogens with one attached hydrogen (secondary N) is 2. The first-order valence-electron chi connectivity index (χ1n) is 10.2. The van der Waals surface area contributed by atoms with Crippen LogP contribution >= 0.6 is 0 Å². The molecule has 0 bridgehead atoms. The molecule has 1 aromatic heterocycles. The summed E-state index contributed by atoms with van der Waals surface area (Å²) in [6.45, 7) is 2.12. The number of hydrogen-bond donors (Lipinski definition) is 2. The third kappa shape index (κ3) is 5.65. The Bertz CT molecular complexity index is 877. The molecule has 1 aromatic carbocycles. The van der Waals surface area contributed by atoms with Gasteiger partial charge in [-0.15, -0.1) is 0 Å². The minimum Gasteiger partial charge on any atom is -0.356 e. The highest BCUT2D eigenvalue weighted by atomic mass is 16.2. The van der Waals surface area contributed by atoms with Crippen molar-refractivity contribution in [2.24, 2.45) is 0 Å². The van der Waals surface area contributed by atoms with Crippen molar-refractivity contribution in [3.63, 3.8) is 0 Å². The standard InChI is InChI=1S/C21H28N4O3/c26-19(22-13-7-15-25-14-5-1-2-12-20(25)27)11-6-10-18-23-17-9-4-3-8-16(17)21(28)24-18/h3-4,8-9H,1-2,5-7,10-15H2,(H,22,26)(H,23,24,28). The molecular formula is C21H28N4O3. The van der Waals surface area contributed by atoms with Gasteiger partial charge in [-0.05, 0) is 37.8 Å². The van der Waals surface area contributed by atoms with E-state index in [2.05, 4.69) is 15.3 Å². The Hall–Kier alpha value is -2.70. The zero-order valence-electron chi connectivity index (χ0n) is 16.2. The van der Waals surface area contributed by atoms with Crippen molar-refractivity contribution in [2.75, 3.05) is 19.6 Å². The molecule has 7 nitrogen and oxygen atoms in total. The van der Waals surface area contributed by atoms with Crippen LogP contribution in [-0.2, 0) is 16.0 Å². The molecule has 0 unspecified atom stereocenters. The molecule has 2 N–H and O–H groups in total. The lowest BCUT2D eigenvalue weighted by Gasteiger charge is -2.20. The molecule has 2 aromatic rings. The maximum atomic E-state index is 12.0. The van der Waals surface area contributed by atoms with Crippen molar-refractivity contribution in [3.05, 3.63) is 40.4 Å². The number of amides is 2. The molecule has 1 aliphatic heterocycles. The molecule has 2 amide bonds. The van der Waals surface area contributed by atoms with Gasteiger partial charge in [-0.3, -0.25) is 14.4 Å². The number of carbonyl (C=O) groups is 2. The third-order valence-electron chi connectivity index (χ3n) is 5.08. The van der Waals surface area contributed by atoms with E-state index in [4.69, 9.17) is 0 Å². The monoisotopic (exact) mass is 384 g/mol. The number of aromatic amines is 1. The predicted molar refractivity (Wildman–Crippen MR) is 108 cm³/mol. The van der Waals surface area contributed by atoms with Crippen LogP contribution in [0.25, 0.3) is 10.9 Å². The lowest BCUT2D eigenvalue weighted by atomic mass is 10.2. The Balaban J connectivity index is 1.35. The topological polar surface area (TPSA) is 95.2 Å². The van der Waals surface area contributed by atoms with Crippen LogP contribution in [0.2, 0.25) is 0 Å². The second kappa shape index (κ2) is 10.0. The quantitative estimate of drug-likeness (QED) is 0.682. The van der Waals surface area contributed by atoms with Gasteiger partial charge in [-0.1, -0.05) is 18.6 Å². The summed E-state index contributed by atoms with van der Waals surface area (Å²) in [7, 11) is 0. The van der Waals surface area contributed by atoms with Crippen LogP contribution in [0.4, 0.5) is 0 Å². The van der Waals surface area contributed by atoms with Crippen LogP contribution in [0.3, 0.4) is 0 Å². The minimum absolute atomic E-state index is 0.00895. The van der Waals surface area contributed by atoms with Crippen LogP contribution in [0.15, 0.2) is 29.1 Å². The predicted octanol–water partition coefficient (Wildman–Crippen LogP) is 2.15. The lowest BCUT2D eigenvalue weighted by Crippen LogP contribution is -2.33. The van der Waals surface area contributed by atoms with Gasteiger partial charge in [0, 0.05) is 38.9 Å². The zero-order chi connectivity index (χ0) is 19.8. The van der Waals surface area contributed by atoms with Gasteiger partial charge in [0.1, 0.15) is 5.82 Å². The van der Waals surface area contributed by atoms with Crippen LogP contribution in [0.1, 0.15) is 50.8 Å². The second-order valence-electron chi connectivity index (χ2n) is 7.28. The van der Waals surface area contributed by atoms with Gasteiger partial charge in [0.25, 0.3) is 5.56 Å². The van der Waals surface area contributed by atoms with E-state index in [1.54, 1.807) is 6.07 Å². The lowest BCUT2D eigenvalue weighted by molar-refractivity contribution is -0.130. The summed E-state index contributed by atoms with van der Waals surface area (Å²) in [5.41, 5.74) is 0.530. The molecule has 0 radical (unpaired) electrons. The van der Waals surface area contributed by atoms with E-state index in [-0.39, 0.29) is 17.4 Å². The van der Waals surface area contributed by atoms with Gasteiger partial charge in [0.2, 0.25) is 11.8 Å². The van der Waals surface area contributed by atoms with Crippen molar-refractivity contribution < 1.29 is 9.59 Å². The van der Waals surface area contributed by atoms with Gasteiger partial charge >= 0.3 is 0 Å². The normalized spacial score (nSPS) is 14.9. The fourth-order valence-corrected chi connectivity index (χ4v) is 3.53. The number of carbonyl (C=O) groups excluding carboxylic acids is 2. The first-order chi connectivity index (χ1) is 13.6. The maximum Gasteiger partial charge on any atom is 0.258 e. The number of H-pyrrole nitrogens is 1. The molecule has 2 heterocycles. The highest BCUT2D eigenvalue weighted by molar-refractivity contribution is 5.77. The minimum atomic E-state index is -0.145. The van der Waals surface area contributed by atoms with Gasteiger partial charge < -0.3 is 15.2 Å². The van der Waals surface area contributed by atoms with Crippen molar-refractivity contribution >= 4 is 22.7 Å². The van der Waals surface area contributed by atoms with Crippen LogP contribution in [0.5, 0.6) is 0 Å². The number of aryl methyl sites for hydroxylation is 1. The number of rotatable bonds is 8. The zero-order valence-corrected chi connectivity index (χ0v) is 16.2. The molecule has 0 atom stereocenters. The summed E-state index contributed by atoms with van der Waals surface area (Å²) in [5, 5.41) is 3.49. The van der Waals surface area contributed by atoms with Gasteiger partial charge in [-0.25, -0.2) is 4.98 Å². The second-order valence-corrected chi connectivity index (χ2v) is 7.28. The SMILES string of the molecule is O=C(CCCc1nc2ccccc2c(=O)[nH]1)NCCCN1CCCCCC1=O. The van der Waals surface area contributed by atoms with Crippen molar-refractivity contribution in [3.8, 4) is 0 Å². The van der Waals surface area contributed by atoms with Crippen molar-refractivity contribution in [1.82, 2.24) is 20.2 Å². The highest BCUT2D eigenvalue weighted by Crippen LogP contribution is 2.11. The number of fused-ring (bicyclic) bond motifs is 1. The number of likely N-dealkylation sites (tertiary alicyclic amines) is 1. The first-order valence-corrected chi connectivity index (χ1v) is 10.2. The van der Waals surface area contributed by atoms with Crippen molar-refractivity contribution in [1.29, 1.82) is 0 Å². The molecule has 28 heavy (non-hydrogen) atoms. The fraction of sp³-hybridized carbons (Fsp3) is 0.524. The smallest absolute Gasteiger partial charge is 0.258 e. The van der Waals surface area contributed by atoms with E-state index >= 15 is 0 Å². The molecule has 0 aliphatic carbocycles. The molecule has 1 saturated heterocycles. The Kier molecular flexibility index (Phi) is 7.17. The number of aromatic nitrogens is 2. The van der Waals surface area contributed by atoms with Crippen LogP contribution in [-0.4, -0.2) is 46.3 Å². The summed E-state index contributed by atoms with van der Waals surface area (Å²) in [6.07, 6.45) is 6.17. The Morgan fingerprint density at radius 3 is 2.89 bits per heavy atom. The van der Waals surface area contributed by atoms with E-state index in [0.717, 1.165) is 32.2 Å². The molecule has 150 valence electrons. The number of benzene rings is 1. The van der Waals surface area contributed by atoms with E-state index in [0.29, 0.717) is 55.5 Å². The molecule has 0 spiro atoms. The Labute approximate surface area is 164 Å². The van der Waals surface area contributed by atoms with Crippen LogP contribution in [0, 0.1) is 0 Å². The highest BCUT2D eigenvalue weighted by Gasteiger charge is 2.15.